The number of carbonyl (C=O) groups is 1. The lowest BCUT2D eigenvalue weighted by atomic mass is 9.80. The summed E-state index contributed by atoms with van der Waals surface area (Å²) in [7, 11) is 3.42. The molecular formula is C27H22N6O4S. The van der Waals surface area contributed by atoms with E-state index in [-0.39, 0.29) is 17.3 Å². The van der Waals surface area contributed by atoms with E-state index in [9.17, 15) is 19.7 Å². The maximum absolute atomic E-state index is 13.7. The van der Waals surface area contributed by atoms with Gasteiger partial charge in [0.25, 0.3) is 11.2 Å². The number of nitro benzene ring substituents is 1. The van der Waals surface area contributed by atoms with E-state index in [0.29, 0.717) is 14.9 Å². The molecule has 0 radical (unpaired) electrons. The van der Waals surface area contributed by atoms with Crippen molar-refractivity contribution < 1.29 is 9.72 Å². The Balaban J connectivity index is 1.65. The maximum atomic E-state index is 13.7. The predicted octanol–water partition coefficient (Wildman–Crippen LogP) is 2.53. The number of nitro groups is 1. The summed E-state index contributed by atoms with van der Waals surface area (Å²) < 4.78 is 1.78. The molecule has 38 heavy (non-hydrogen) atoms. The average Bonchev–Trinajstić information content (AvgIpc) is 3.33. The minimum Gasteiger partial charge on any atom is -0.295 e. The molecule has 1 fully saturated rings. The third-order valence-corrected chi connectivity index (χ3v) is 8.14. The number of non-ortho nitro benzene ring substituents is 1. The second kappa shape index (κ2) is 8.38. The fourth-order valence-electron chi connectivity index (χ4n) is 5.36. The highest BCUT2D eigenvalue weighted by molar-refractivity contribution is 7.07. The molecule has 2 aliphatic heterocycles. The molecule has 2 amide bonds. The lowest BCUT2D eigenvalue weighted by Crippen LogP contribution is -2.67. The van der Waals surface area contributed by atoms with Crippen molar-refractivity contribution in [1.29, 1.82) is 0 Å². The number of hydrogen-bond donors (Lipinski definition) is 1. The molecule has 1 N–H and O–H groups in total. The van der Waals surface area contributed by atoms with Gasteiger partial charge in [0, 0.05) is 37.4 Å². The summed E-state index contributed by atoms with van der Waals surface area (Å²) in [6, 6.07) is 24.8. The number of rotatable bonds is 4. The molecule has 2 aliphatic rings. The van der Waals surface area contributed by atoms with Crippen molar-refractivity contribution in [3.05, 3.63) is 131 Å². The number of fused-ring (bicyclic) bond motifs is 2. The fraction of sp³-hybridized carbons (Fsp3) is 0.148. The molecule has 0 aliphatic carbocycles. The SMILES string of the molecule is CN1C(=O)N(C)[C@]2(c3ccccc3)Nn3c(s/c(=C/c4ccc([N+](=O)[O-])cc4)c3=O)=N[C@@]12c1ccccc1. The Bertz CT molecular complexity index is 1750. The van der Waals surface area contributed by atoms with E-state index in [1.54, 1.807) is 42.1 Å². The van der Waals surface area contributed by atoms with Crippen molar-refractivity contribution in [3.8, 4) is 0 Å². The van der Waals surface area contributed by atoms with Gasteiger partial charge in [0.1, 0.15) is 0 Å². The van der Waals surface area contributed by atoms with E-state index in [4.69, 9.17) is 4.99 Å². The zero-order valence-electron chi connectivity index (χ0n) is 20.4. The zero-order valence-corrected chi connectivity index (χ0v) is 21.3. The molecule has 3 aromatic carbocycles. The highest BCUT2D eigenvalue weighted by atomic mass is 32.1. The van der Waals surface area contributed by atoms with Gasteiger partial charge in [-0.25, -0.2) is 9.79 Å². The molecule has 4 aromatic rings. The summed E-state index contributed by atoms with van der Waals surface area (Å²) >= 11 is 1.18. The minimum absolute atomic E-state index is 0.0285. The van der Waals surface area contributed by atoms with Crippen molar-refractivity contribution in [2.45, 2.75) is 11.3 Å². The number of aromatic nitrogens is 1. The number of nitrogens with zero attached hydrogens (tertiary/aromatic N) is 5. The second-order valence-corrected chi connectivity index (χ2v) is 10.1. The molecule has 0 bridgehead atoms. The summed E-state index contributed by atoms with van der Waals surface area (Å²) in [4.78, 5) is 46.6. The molecule has 2 atom stereocenters. The molecule has 11 heteroatoms. The Morgan fingerprint density at radius 1 is 0.895 bits per heavy atom. The molecule has 3 heterocycles. The van der Waals surface area contributed by atoms with Crippen LogP contribution in [0.15, 0.2) is 94.7 Å². The van der Waals surface area contributed by atoms with Crippen molar-refractivity contribution in [1.82, 2.24) is 14.5 Å². The first-order valence-electron chi connectivity index (χ1n) is 11.8. The van der Waals surface area contributed by atoms with E-state index in [1.165, 1.54) is 28.1 Å². The van der Waals surface area contributed by atoms with E-state index in [2.05, 4.69) is 5.43 Å². The van der Waals surface area contributed by atoms with Crippen LogP contribution in [-0.2, 0) is 11.3 Å². The second-order valence-electron chi connectivity index (χ2n) is 9.12. The van der Waals surface area contributed by atoms with Gasteiger partial charge in [-0.1, -0.05) is 72.0 Å². The van der Waals surface area contributed by atoms with Crippen LogP contribution in [0.3, 0.4) is 0 Å². The van der Waals surface area contributed by atoms with Crippen LogP contribution in [0.2, 0.25) is 0 Å². The predicted molar refractivity (Wildman–Crippen MR) is 143 cm³/mol. The summed E-state index contributed by atoms with van der Waals surface area (Å²) in [6.07, 6.45) is 1.68. The number of hydrogen-bond acceptors (Lipinski definition) is 7. The molecule has 0 unspecified atom stereocenters. The summed E-state index contributed by atoms with van der Waals surface area (Å²) in [5.74, 6) is 0. The first kappa shape index (κ1) is 23.6. The van der Waals surface area contributed by atoms with E-state index < -0.39 is 16.2 Å². The largest absolute Gasteiger partial charge is 0.324 e. The number of nitrogens with one attached hydrogen (secondary N) is 1. The molecule has 0 spiro atoms. The Hall–Kier alpha value is -4.77. The van der Waals surface area contributed by atoms with Gasteiger partial charge >= 0.3 is 6.03 Å². The molecule has 0 saturated carbocycles. The number of benzene rings is 3. The van der Waals surface area contributed by atoms with Gasteiger partial charge < -0.3 is 0 Å². The van der Waals surface area contributed by atoms with Crippen molar-refractivity contribution in [2.24, 2.45) is 4.99 Å². The van der Waals surface area contributed by atoms with Gasteiger partial charge in [0.05, 0.1) is 9.46 Å². The number of amides is 2. The molecule has 10 nitrogen and oxygen atoms in total. The first-order valence-corrected chi connectivity index (χ1v) is 12.6. The van der Waals surface area contributed by atoms with Gasteiger partial charge in [-0.3, -0.25) is 30.1 Å². The number of likely N-dealkylation sites (N-methyl/N-ethyl adjacent to an activating group) is 2. The Morgan fingerprint density at radius 3 is 2.11 bits per heavy atom. The van der Waals surface area contributed by atoms with Crippen LogP contribution in [0.25, 0.3) is 6.08 Å². The monoisotopic (exact) mass is 526 g/mol. The van der Waals surface area contributed by atoms with Crippen LogP contribution in [0.4, 0.5) is 10.5 Å². The van der Waals surface area contributed by atoms with E-state index in [0.717, 1.165) is 11.1 Å². The lowest BCUT2D eigenvalue weighted by molar-refractivity contribution is -0.384. The fourth-order valence-corrected chi connectivity index (χ4v) is 6.33. The van der Waals surface area contributed by atoms with Gasteiger partial charge in [0.2, 0.25) is 16.1 Å². The Labute approximate surface area is 220 Å². The van der Waals surface area contributed by atoms with Crippen LogP contribution in [0.5, 0.6) is 0 Å². The number of thiazole rings is 1. The molecule has 1 saturated heterocycles. The molecule has 190 valence electrons. The highest BCUT2D eigenvalue weighted by Gasteiger charge is 2.69. The Morgan fingerprint density at radius 2 is 1.50 bits per heavy atom. The third kappa shape index (κ3) is 3.08. The van der Waals surface area contributed by atoms with Crippen molar-refractivity contribution >= 4 is 29.1 Å². The summed E-state index contributed by atoms with van der Waals surface area (Å²) in [6.45, 7) is 0. The van der Waals surface area contributed by atoms with Gasteiger partial charge in [-0.2, -0.15) is 4.68 Å². The highest BCUT2D eigenvalue weighted by Crippen LogP contribution is 2.53. The lowest BCUT2D eigenvalue weighted by Gasteiger charge is -2.49. The summed E-state index contributed by atoms with van der Waals surface area (Å²) in [5, 5.41) is 11.0. The third-order valence-electron chi connectivity index (χ3n) is 7.17. The maximum Gasteiger partial charge on any atom is 0.324 e. The van der Waals surface area contributed by atoms with Crippen molar-refractivity contribution in [3.63, 3.8) is 0 Å². The number of carbonyl (C=O) groups excluding carboxylic acids is 1. The van der Waals surface area contributed by atoms with Crippen LogP contribution in [-0.4, -0.2) is 39.5 Å². The van der Waals surface area contributed by atoms with Crippen LogP contribution < -0.4 is 20.3 Å². The van der Waals surface area contributed by atoms with Crippen LogP contribution >= 0.6 is 11.3 Å². The standard InChI is InChI=1S/C27H22N6O4S/c1-30-25(35)31(2)27(20-11-7-4-8-12-20)26(30,19-9-5-3-6-10-19)28-24-32(29-27)23(34)22(38-24)17-18-13-15-21(16-14-18)33(36)37/h3-17,29H,1-2H3/b22-17+/t26-,27-/m0/s1. The number of urea groups is 1. The zero-order chi connectivity index (χ0) is 26.7. The van der Waals surface area contributed by atoms with Gasteiger partial charge in [0.15, 0.2) is 0 Å². The van der Waals surface area contributed by atoms with E-state index in [1.807, 2.05) is 60.7 Å². The first-order chi connectivity index (χ1) is 18.3. The van der Waals surface area contributed by atoms with Crippen LogP contribution in [0.1, 0.15) is 16.7 Å². The molecule has 1 aromatic heterocycles. The van der Waals surface area contributed by atoms with Gasteiger partial charge in [-0.05, 0) is 23.8 Å². The topological polar surface area (TPSA) is 113 Å². The normalized spacial score (nSPS) is 22.5. The minimum atomic E-state index is -1.25. The molecular weight excluding hydrogens is 504 g/mol. The average molecular weight is 527 g/mol. The van der Waals surface area contributed by atoms with Crippen molar-refractivity contribution in [2.75, 3.05) is 19.5 Å². The van der Waals surface area contributed by atoms with E-state index >= 15 is 0 Å². The van der Waals surface area contributed by atoms with Gasteiger partial charge in [-0.15, -0.1) is 0 Å². The van der Waals surface area contributed by atoms with Crippen LogP contribution in [0, 0.1) is 10.1 Å². The summed E-state index contributed by atoms with van der Waals surface area (Å²) in [5.41, 5.74) is 2.76. The smallest absolute Gasteiger partial charge is 0.295 e. The molecule has 6 rings (SSSR count). The quantitative estimate of drug-likeness (QED) is 0.324. The Kier molecular flexibility index (Phi) is 5.21.